The number of aromatic nitrogens is 5. The van der Waals surface area contributed by atoms with Gasteiger partial charge in [-0.15, -0.1) is 10.2 Å². The molecule has 0 bridgehead atoms. The predicted octanol–water partition coefficient (Wildman–Crippen LogP) is 1.68. The van der Waals surface area contributed by atoms with Crippen molar-refractivity contribution in [3.63, 3.8) is 0 Å². The van der Waals surface area contributed by atoms with Crippen LogP contribution in [0.1, 0.15) is 40.6 Å². The third-order valence-corrected chi connectivity index (χ3v) is 4.82. The fraction of sp³-hybridized carbons (Fsp3) is 0.316. The molecule has 8 nitrogen and oxygen atoms in total. The minimum atomic E-state index is -0.150. The van der Waals surface area contributed by atoms with Crippen molar-refractivity contribution in [1.29, 1.82) is 0 Å². The van der Waals surface area contributed by atoms with Crippen LogP contribution in [-0.2, 0) is 0 Å². The topological polar surface area (TPSA) is 96.8 Å². The Kier molecular flexibility index (Phi) is 4.53. The Morgan fingerprint density at radius 3 is 2.81 bits per heavy atom. The summed E-state index contributed by atoms with van der Waals surface area (Å²) in [5.41, 5.74) is 2.07. The lowest BCUT2D eigenvalue weighted by atomic mass is 9.94. The van der Waals surface area contributed by atoms with Crippen molar-refractivity contribution in [2.45, 2.75) is 25.7 Å². The van der Waals surface area contributed by atoms with Crippen LogP contribution in [0.25, 0.3) is 5.69 Å². The number of nitrogens with one attached hydrogen (secondary N) is 1. The summed E-state index contributed by atoms with van der Waals surface area (Å²) in [6.45, 7) is 3.03. The first-order chi connectivity index (χ1) is 13.1. The lowest BCUT2D eigenvalue weighted by Crippen LogP contribution is -2.39. The third-order valence-electron chi connectivity index (χ3n) is 4.82. The van der Waals surface area contributed by atoms with E-state index in [0.717, 1.165) is 24.2 Å². The van der Waals surface area contributed by atoms with Crippen LogP contribution in [0.3, 0.4) is 0 Å². The van der Waals surface area contributed by atoms with E-state index in [9.17, 15) is 9.59 Å². The van der Waals surface area contributed by atoms with E-state index in [1.165, 1.54) is 6.07 Å². The summed E-state index contributed by atoms with van der Waals surface area (Å²) in [4.78, 5) is 33.8. The molecule has 1 aliphatic rings. The Balaban J connectivity index is 1.55. The molecule has 4 rings (SSSR count). The van der Waals surface area contributed by atoms with Crippen molar-refractivity contribution in [1.82, 2.24) is 29.6 Å². The highest BCUT2D eigenvalue weighted by Gasteiger charge is 2.27. The lowest BCUT2D eigenvalue weighted by molar-refractivity contribution is 0.0706. The molecular weight excluding hydrogens is 344 g/mol. The molecule has 1 N–H and O–H groups in total. The Morgan fingerprint density at radius 1 is 1.22 bits per heavy atom. The molecule has 3 heterocycles. The van der Waals surface area contributed by atoms with Gasteiger partial charge in [0.15, 0.2) is 0 Å². The predicted molar refractivity (Wildman–Crippen MR) is 98.8 cm³/mol. The van der Waals surface area contributed by atoms with Crippen LogP contribution >= 0.6 is 0 Å². The van der Waals surface area contributed by atoms with Gasteiger partial charge in [0.2, 0.25) is 0 Å². The molecule has 0 saturated carbocycles. The summed E-state index contributed by atoms with van der Waals surface area (Å²) >= 11 is 0. The van der Waals surface area contributed by atoms with Crippen molar-refractivity contribution in [2.75, 3.05) is 13.1 Å². The number of nitrogens with zero attached hydrogens (tertiary/aromatic N) is 5. The molecule has 0 unspecified atom stereocenters. The van der Waals surface area contributed by atoms with Gasteiger partial charge in [0.25, 0.3) is 11.5 Å². The van der Waals surface area contributed by atoms with Crippen LogP contribution in [0.15, 0.2) is 47.8 Å². The first kappa shape index (κ1) is 17.1. The van der Waals surface area contributed by atoms with Crippen molar-refractivity contribution in [3.8, 4) is 5.69 Å². The molecule has 3 aromatic rings. The average molecular weight is 364 g/mol. The fourth-order valence-corrected chi connectivity index (χ4v) is 3.53. The van der Waals surface area contributed by atoms with Gasteiger partial charge in [0.05, 0.1) is 5.69 Å². The van der Waals surface area contributed by atoms with Gasteiger partial charge in [-0.1, -0.05) is 6.07 Å². The molecule has 1 saturated heterocycles. The zero-order chi connectivity index (χ0) is 18.8. The Bertz CT molecular complexity index is 1010. The number of aryl methyl sites for hydroxylation is 1. The summed E-state index contributed by atoms with van der Waals surface area (Å²) in [5.74, 6) is 0.656. The van der Waals surface area contributed by atoms with Gasteiger partial charge in [-0.05, 0) is 38.0 Å². The van der Waals surface area contributed by atoms with Gasteiger partial charge >= 0.3 is 0 Å². The molecule has 1 aromatic carbocycles. The minimum Gasteiger partial charge on any atom is -0.338 e. The largest absolute Gasteiger partial charge is 0.338 e. The van der Waals surface area contributed by atoms with Crippen molar-refractivity contribution in [3.05, 3.63) is 70.4 Å². The number of carbonyl (C=O) groups excluding carboxylic acids is 1. The van der Waals surface area contributed by atoms with Crippen LogP contribution in [-0.4, -0.2) is 48.6 Å². The standard InChI is InChI=1S/C19H20N6O2/c1-13-22-17(9-18(26)23-13)15-5-3-7-24(10-15)19(27)14-4-2-6-16(8-14)25-11-20-21-12-25/h2,4,6,8-9,11-12,15H,3,5,7,10H2,1H3,(H,22,23,26)/t15-/m1/s1. The van der Waals surface area contributed by atoms with Gasteiger partial charge in [-0.25, -0.2) is 4.98 Å². The zero-order valence-electron chi connectivity index (χ0n) is 15.0. The fourth-order valence-electron chi connectivity index (χ4n) is 3.53. The van der Waals surface area contributed by atoms with E-state index in [2.05, 4.69) is 20.2 Å². The summed E-state index contributed by atoms with van der Waals surface area (Å²) < 4.78 is 1.76. The molecular formula is C19H20N6O2. The molecule has 8 heteroatoms. The number of hydrogen-bond acceptors (Lipinski definition) is 5. The van der Waals surface area contributed by atoms with E-state index >= 15 is 0 Å². The molecule has 0 radical (unpaired) electrons. The summed E-state index contributed by atoms with van der Waals surface area (Å²) in [6.07, 6.45) is 5.00. The molecule has 0 aliphatic carbocycles. The van der Waals surface area contributed by atoms with Gasteiger partial charge in [0.1, 0.15) is 18.5 Å². The number of carbonyl (C=O) groups is 1. The van der Waals surface area contributed by atoms with E-state index in [0.29, 0.717) is 24.5 Å². The highest BCUT2D eigenvalue weighted by atomic mass is 16.2. The monoisotopic (exact) mass is 364 g/mol. The quantitative estimate of drug-likeness (QED) is 0.763. The van der Waals surface area contributed by atoms with E-state index in [1.54, 1.807) is 24.1 Å². The van der Waals surface area contributed by atoms with E-state index in [1.807, 2.05) is 29.2 Å². The first-order valence-corrected chi connectivity index (χ1v) is 8.92. The van der Waals surface area contributed by atoms with E-state index < -0.39 is 0 Å². The maximum absolute atomic E-state index is 13.0. The highest BCUT2D eigenvalue weighted by molar-refractivity contribution is 5.94. The van der Waals surface area contributed by atoms with Crippen LogP contribution in [0, 0.1) is 6.92 Å². The zero-order valence-corrected chi connectivity index (χ0v) is 15.0. The molecule has 1 amide bonds. The molecule has 0 spiro atoms. The van der Waals surface area contributed by atoms with E-state index in [-0.39, 0.29) is 17.4 Å². The molecule has 138 valence electrons. The highest BCUT2D eigenvalue weighted by Crippen LogP contribution is 2.26. The summed E-state index contributed by atoms with van der Waals surface area (Å²) in [5, 5.41) is 7.61. The van der Waals surface area contributed by atoms with Crippen molar-refractivity contribution in [2.24, 2.45) is 0 Å². The number of hydrogen-bond donors (Lipinski definition) is 1. The second-order valence-corrected chi connectivity index (χ2v) is 6.77. The number of piperidine rings is 1. The second-order valence-electron chi connectivity index (χ2n) is 6.77. The lowest BCUT2D eigenvalue weighted by Gasteiger charge is -2.32. The summed E-state index contributed by atoms with van der Waals surface area (Å²) in [7, 11) is 0. The second kappa shape index (κ2) is 7.14. The van der Waals surface area contributed by atoms with Gasteiger partial charge in [-0.2, -0.15) is 0 Å². The normalized spacial score (nSPS) is 17.1. The minimum absolute atomic E-state index is 0.0174. The Morgan fingerprint density at radius 2 is 2.04 bits per heavy atom. The van der Waals surface area contributed by atoms with Crippen LogP contribution in [0.2, 0.25) is 0 Å². The summed E-state index contributed by atoms with van der Waals surface area (Å²) in [6, 6.07) is 8.95. The van der Waals surface area contributed by atoms with Gasteiger partial charge < -0.3 is 9.88 Å². The molecule has 1 atom stereocenters. The van der Waals surface area contributed by atoms with Gasteiger partial charge in [-0.3, -0.25) is 14.2 Å². The van der Waals surface area contributed by atoms with Crippen molar-refractivity contribution < 1.29 is 4.79 Å². The molecule has 1 fully saturated rings. The average Bonchev–Trinajstić information content (AvgIpc) is 3.22. The van der Waals surface area contributed by atoms with Gasteiger partial charge in [0, 0.05) is 36.3 Å². The van der Waals surface area contributed by atoms with Crippen LogP contribution in [0.5, 0.6) is 0 Å². The van der Waals surface area contributed by atoms with E-state index in [4.69, 9.17) is 0 Å². The number of amides is 1. The number of benzene rings is 1. The van der Waals surface area contributed by atoms with Crippen LogP contribution < -0.4 is 5.56 Å². The maximum atomic E-state index is 13.0. The smallest absolute Gasteiger partial charge is 0.253 e. The van der Waals surface area contributed by atoms with Crippen LogP contribution in [0.4, 0.5) is 0 Å². The number of likely N-dealkylation sites (tertiary alicyclic amines) is 1. The maximum Gasteiger partial charge on any atom is 0.253 e. The SMILES string of the molecule is Cc1nc([C@@H]2CCCN(C(=O)c3cccc(-n4cnnc4)c3)C2)cc(=O)[nH]1. The molecule has 2 aromatic heterocycles. The molecule has 27 heavy (non-hydrogen) atoms. The third kappa shape index (κ3) is 3.64. The first-order valence-electron chi connectivity index (χ1n) is 8.92. The Labute approximate surface area is 155 Å². The van der Waals surface area contributed by atoms with Crippen molar-refractivity contribution >= 4 is 5.91 Å². The Hall–Kier alpha value is -3.29. The number of rotatable bonds is 3. The number of H-pyrrole nitrogens is 1. The number of aromatic amines is 1. The molecule has 1 aliphatic heterocycles.